The van der Waals surface area contributed by atoms with Crippen molar-refractivity contribution in [3.63, 3.8) is 0 Å². The number of carboxylic acids is 1. The molecule has 0 aromatic carbocycles. The third kappa shape index (κ3) is 1.39. The fourth-order valence-corrected chi connectivity index (χ4v) is 1.55. The SMILES string of the molecule is Cc1nccnc1[C@@H]1C[C@H]1C(=O)O. The van der Waals surface area contributed by atoms with E-state index in [-0.39, 0.29) is 11.8 Å². The van der Waals surface area contributed by atoms with Gasteiger partial charge in [0.25, 0.3) is 0 Å². The van der Waals surface area contributed by atoms with Crippen molar-refractivity contribution in [1.29, 1.82) is 0 Å². The number of carbonyl (C=O) groups is 1. The van der Waals surface area contributed by atoms with E-state index in [0.29, 0.717) is 6.42 Å². The van der Waals surface area contributed by atoms with Crippen LogP contribution in [0.15, 0.2) is 12.4 Å². The number of hydrogen-bond donors (Lipinski definition) is 1. The first-order valence-electron chi connectivity index (χ1n) is 4.20. The number of carboxylic acid groups (broad SMARTS) is 1. The summed E-state index contributed by atoms with van der Waals surface area (Å²) in [6.45, 7) is 1.86. The van der Waals surface area contributed by atoms with Crippen LogP contribution in [0.4, 0.5) is 0 Å². The lowest BCUT2D eigenvalue weighted by Gasteiger charge is -1.99. The standard InChI is InChI=1S/C9H10N2O2/c1-5-8(11-3-2-10-5)6-4-7(6)9(12)13/h2-3,6-7H,4H2,1H3,(H,12,13)/t6-,7-/m1/s1. The quantitative estimate of drug-likeness (QED) is 0.733. The highest BCUT2D eigenvalue weighted by Gasteiger charge is 2.45. The largest absolute Gasteiger partial charge is 0.481 e. The Bertz CT molecular complexity index is 351. The van der Waals surface area contributed by atoms with Crippen molar-refractivity contribution in [2.45, 2.75) is 19.3 Å². The maximum atomic E-state index is 10.6. The second-order valence-electron chi connectivity index (χ2n) is 3.31. The van der Waals surface area contributed by atoms with E-state index in [1.54, 1.807) is 12.4 Å². The third-order valence-electron chi connectivity index (χ3n) is 2.38. The molecule has 1 aliphatic carbocycles. The van der Waals surface area contributed by atoms with Gasteiger partial charge in [0.05, 0.1) is 17.3 Å². The van der Waals surface area contributed by atoms with Crippen molar-refractivity contribution in [2.75, 3.05) is 0 Å². The van der Waals surface area contributed by atoms with E-state index in [4.69, 9.17) is 5.11 Å². The van der Waals surface area contributed by atoms with Crippen molar-refractivity contribution in [3.8, 4) is 0 Å². The maximum absolute atomic E-state index is 10.6. The zero-order chi connectivity index (χ0) is 9.42. The van der Waals surface area contributed by atoms with Crippen LogP contribution in [-0.2, 0) is 4.79 Å². The highest BCUT2D eigenvalue weighted by atomic mass is 16.4. The van der Waals surface area contributed by atoms with Gasteiger partial charge in [0.1, 0.15) is 0 Å². The van der Waals surface area contributed by atoms with Crippen LogP contribution in [-0.4, -0.2) is 21.0 Å². The molecule has 1 N–H and O–H groups in total. The molecular weight excluding hydrogens is 168 g/mol. The first kappa shape index (κ1) is 8.16. The summed E-state index contributed by atoms with van der Waals surface area (Å²) in [6.07, 6.45) is 3.94. The second-order valence-corrected chi connectivity index (χ2v) is 3.31. The van der Waals surface area contributed by atoms with Gasteiger partial charge in [-0.2, -0.15) is 0 Å². The average molecular weight is 178 g/mol. The Hall–Kier alpha value is -1.45. The maximum Gasteiger partial charge on any atom is 0.307 e. The summed E-state index contributed by atoms with van der Waals surface area (Å²) in [7, 11) is 0. The molecule has 0 spiro atoms. The molecule has 1 aromatic rings. The van der Waals surface area contributed by atoms with Gasteiger partial charge < -0.3 is 5.11 Å². The van der Waals surface area contributed by atoms with Crippen LogP contribution in [0.1, 0.15) is 23.7 Å². The monoisotopic (exact) mass is 178 g/mol. The van der Waals surface area contributed by atoms with Crippen LogP contribution >= 0.6 is 0 Å². The van der Waals surface area contributed by atoms with Crippen LogP contribution in [0.5, 0.6) is 0 Å². The minimum absolute atomic E-state index is 0.0891. The normalized spacial score (nSPS) is 25.6. The average Bonchev–Trinajstić information content (AvgIpc) is 2.84. The molecule has 0 unspecified atom stereocenters. The van der Waals surface area contributed by atoms with Crippen LogP contribution in [0.3, 0.4) is 0 Å². The molecule has 2 atom stereocenters. The molecule has 1 aromatic heterocycles. The molecule has 1 aliphatic rings. The first-order valence-corrected chi connectivity index (χ1v) is 4.20. The predicted octanol–water partition coefficient (Wildman–Crippen LogP) is 0.973. The van der Waals surface area contributed by atoms with E-state index in [9.17, 15) is 4.79 Å². The van der Waals surface area contributed by atoms with Gasteiger partial charge in [0.2, 0.25) is 0 Å². The lowest BCUT2D eigenvalue weighted by molar-refractivity contribution is -0.138. The third-order valence-corrected chi connectivity index (χ3v) is 2.38. The highest BCUT2D eigenvalue weighted by Crippen LogP contribution is 2.47. The van der Waals surface area contributed by atoms with Crippen molar-refractivity contribution < 1.29 is 9.90 Å². The second kappa shape index (κ2) is 2.80. The van der Waals surface area contributed by atoms with E-state index in [1.807, 2.05) is 6.92 Å². The van der Waals surface area contributed by atoms with Crippen molar-refractivity contribution >= 4 is 5.97 Å². The molecule has 4 heteroatoms. The molecule has 1 saturated carbocycles. The molecule has 4 nitrogen and oxygen atoms in total. The van der Waals surface area contributed by atoms with Crippen LogP contribution in [0.25, 0.3) is 0 Å². The van der Waals surface area contributed by atoms with Gasteiger partial charge in [-0.15, -0.1) is 0 Å². The Morgan fingerprint density at radius 2 is 2.23 bits per heavy atom. The van der Waals surface area contributed by atoms with Gasteiger partial charge >= 0.3 is 5.97 Å². The number of nitrogens with zero attached hydrogens (tertiary/aromatic N) is 2. The van der Waals surface area contributed by atoms with Crippen molar-refractivity contribution in [1.82, 2.24) is 9.97 Å². The lowest BCUT2D eigenvalue weighted by Crippen LogP contribution is -2.01. The first-order chi connectivity index (χ1) is 6.20. The fourth-order valence-electron chi connectivity index (χ4n) is 1.55. The number of hydrogen-bond acceptors (Lipinski definition) is 3. The fraction of sp³-hybridized carbons (Fsp3) is 0.444. The van der Waals surface area contributed by atoms with Gasteiger partial charge in [-0.05, 0) is 13.3 Å². The molecule has 13 heavy (non-hydrogen) atoms. The Labute approximate surface area is 75.6 Å². The molecule has 0 bridgehead atoms. The Morgan fingerprint density at radius 3 is 2.77 bits per heavy atom. The Balaban J connectivity index is 2.21. The van der Waals surface area contributed by atoms with Gasteiger partial charge in [0, 0.05) is 18.3 Å². The minimum atomic E-state index is -0.727. The van der Waals surface area contributed by atoms with E-state index >= 15 is 0 Å². The Kier molecular flexibility index (Phi) is 1.76. The number of rotatable bonds is 2. The predicted molar refractivity (Wildman–Crippen MR) is 45.3 cm³/mol. The number of aryl methyl sites for hydroxylation is 1. The smallest absolute Gasteiger partial charge is 0.307 e. The van der Waals surface area contributed by atoms with Crippen molar-refractivity contribution in [2.24, 2.45) is 5.92 Å². The topological polar surface area (TPSA) is 63.1 Å². The molecule has 0 saturated heterocycles. The molecule has 0 aliphatic heterocycles. The van der Waals surface area contributed by atoms with E-state index in [2.05, 4.69) is 9.97 Å². The molecule has 1 fully saturated rings. The lowest BCUT2D eigenvalue weighted by atomic mass is 10.2. The molecule has 68 valence electrons. The number of aliphatic carboxylic acids is 1. The molecule has 1 heterocycles. The zero-order valence-electron chi connectivity index (χ0n) is 7.27. The van der Waals surface area contributed by atoms with E-state index in [1.165, 1.54) is 0 Å². The van der Waals surface area contributed by atoms with Crippen LogP contribution in [0.2, 0.25) is 0 Å². The Morgan fingerprint density at radius 1 is 1.54 bits per heavy atom. The van der Waals surface area contributed by atoms with Gasteiger partial charge in [-0.3, -0.25) is 14.8 Å². The van der Waals surface area contributed by atoms with Crippen LogP contribution in [0, 0.1) is 12.8 Å². The van der Waals surface area contributed by atoms with Gasteiger partial charge in [-0.1, -0.05) is 0 Å². The van der Waals surface area contributed by atoms with Gasteiger partial charge in [-0.25, -0.2) is 0 Å². The molecule has 2 rings (SSSR count). The van der Waals surface area contributed by atoms with Gasteiger partial charge in [0.15, 0.2) is 0 Å². The molecular formula is C9H10N2O2. The van der Waals surface area contributed by atoms with E-state index < -0.39 is 5.97 Å². The van der Waals surface area contributed by atoms with E-state index in [0.717, 1.165) is 11.4 Å². The summed E-state index contributed by atoms with van der Waals surface area (Å²) in [6, 6.07) is 0. The summed E-state index contributed by atoms with van der Waals surface area (Å²) in [4.78, 5) is 18.8. The minimum Gasteiger partial charge on any atom is -0.481 e. The summed E-state index contributed by atoms with van der Waals surface area (Å²) >= 11 is 0. The van der Waals surface area contributed by atoms with Crippen LogP contribution < -0.4 is 0 Å². The highest BCUT2D eigenvalue weighted by molar-refractivity contribution is 5.75. The summed E-state index contributed by atoms with van der Waals surface area (Å²) in [5.41, 5.74) is 1.69. The zero-order valence-corrected chi connectivity index (χ0v) is 7.27. The summed E-state index contributed by atoms with van der Waals surface area (Å²) in [5, 5.41) is 8.73. The number of aromatic nitrogens is 2. The summed E-state index contributed by atoms with van der Waals surface area (Å²) in [5.74, 6) is -0.878. The molecule has 0 amide bonds. The summed E-state index contributed by atoms with van der Waals surface area (Å²) < 4.78 is 0. The molecule has 0 radical (unpaired) electrons. The van der Waals surface area contributed by atoms with Crippen molar-refractivity contribution in [3.05, 3.63) is 23.8 Å².